The van der Waals surface area contributed by atoms with Crippen molar-refractivity contribution in [3.05, 3.63) is 34.6 Å². The van der Waals surface area contributed by atoms with Crippen LogP contribution in [0.25, 0.3) is 11.4 Å². The molecular weight excluding hydrogens is 338 g/mol. The molecule has 2 amide bonds. The van der Waals surface area contributed by atoms with E-state index < -0.39 is 0 Å². The van der Waals surface area contributed by atoms with Gasteiger partial charge in [0.15, 0.2) is 10.6 Å². The molecule has 2 rings (SSSR count). The van der Waals surface area contributed by atoms with Crippen LogP contribution < -0.4 is 10.6 Å². The van der Waals surface area contributed by atoms with E-state index in [2.05, 4.69) is 20.8 Å². The summed E-state index contributed by atoms with van der Waals surface area (Å²) >= 11 is 5.25. The zero-order chi connectivity index (χ0) is 18.2. The molecule has 8 heteroatoms. The highest BCUT2D eigenvalue weighted by atomic mass is 32.1. The van der Waals surface area contributed by atoms with Gasteiger partial charge < -0.3 is 10.6 Å². The summed E-state index contributed by atoms with van der Waals surface area (Å²) in [6.45, 7) is 4.97. The Morgan fingerprint density at radius 3 is 2.60 bits per heavy atom. The second-order valence-electron chi connectivity index (χ2n) is 5.75. The summed E-state index contributed by atoms with van der Waals surface area (Å²) in [7, 11) is 0. The van der Waals surface area contributed by atoms with E-state index in [0.717, 1.165) is 17.5 Å². The molecule has 0 aliphatic rings. The molecule has 1 aromatic heterocycles. The number of carbonyl (C=O) groups is 2. The van der Waals surface area contributed by atoms with Crippen molar-refractivity contribution in [1.29, 1.82) is 0 Å². The Kier molecular flexibility index (Phi) is 6.88. The lowest BCUT2D eigenvalue weighted by molar-refractivity contribution is -0.126. The largest absolute Gasteiger partial charge is 0.355 e. The predicted molar refractivity (Wildman–Crippen MR) is 98.5 cm³/mol. The van der Waals surface area contributed by atoms with Crippen molar-refractivity contribution in [2.45, 2.75) is 33.2 Å². The van der Waals surface area contributed by atoms with Gasteiger partial charge in [0.1, 0.15) is 0 Å². The number of amides is 2. The summed E-state index contributed by atoms with van der Waals surface area (Å²) in [5.41, 5.74) is 2.09. The van der Waals surface area contributed by atoms with Crippen LogP contribution in [0.1, 0.15) is 25.3 Å². The van der Waals surface area contributed by atoms with Crippen molar-refractivity contribution in [2.24, 2.45) is 0 Å². The van der Waals surface area contributed by atoms with Gasteiger partial charge in [-0.05, 0) is 25.6 Å². The van der Waals surface area contributed by atoms with Gasteiger partial charge in [0, 0.05) is 25.1 Å². The lowest BCUT2D eigenvalue weighted by atomic mass is 10.1. The quantitative estimate of drug-likeness (QED) is 0.627. The Labute approximate surface area is 151 Å². The van der Waals surface area contributed by atoms with E-state index in [1.807, 2.05) is 38.1 Å². The van der Waals surface area contributed by atoms with Crippen molar-refractivity contribution in [3.63, 3.8) is 0 Å². The van der Waals surface area contributed by atoms with Gasteiger partial charge in [-0.3, -0.25) is 19.3 Å². The first-order valence-corrected chi connectivity index (χ1v) is 8.67. The van der Waals surface area contributed by atoms with Crippen LogP contribution in [0.15, 0.2) is 24.3 Å². The predicted octanol–water partition coefficient (Wildman–Crippen LogP) is 1.95. The number of aryl methyl sites for hydroxylation is 1. The number of hydrogen-bond acceptors (Lipinski definition) is 4. The van der Waals surface area contributed by atoms with Crippen molar-refractivity contribution in [2.75, 3.05) is 13.1 Å². The standard InChI is InChI=1S/C17H23N5O2S/c1-3-9-18-15(24)11-19-14(23)8-10-22-16(20-21-17(22)25)13-6-4-12(2)5-7-13/h4-7H,3,8-11H2,1-2H3,(H,18,24)(H,19,23)(H,21,25). The minimum atomic E-state index is -0.204. The molecule has 7 nitrogen and oxygen atoms in total. The van der Waals surface area contributed by atoms with Crippen LogP contribution in [-0.2, 0) is 16.1 Å². The van der Waals surface area contributed by atoms with Crippen molar-refractivity contribution < 1.29 is 9.59 Å². The van der Waals surface area contributed by atoms with Gasteiger partial charge in [-0.1, -0.05) is 36.8 Å². The van der Waals surface area contributed by atoms with Gasteiger partial charge in [0.2, 0.25) is 11.8 Å². The highest BCUT2D eigenvalue weighted by Crippen LogP contribution is 2.18. The van der Waals surface area contributed by atoms with E-state index in [9.17, 15) is 9.59 Å². The van der Waals surface area contributed by atoms with Gasteiger partial charge in [-0.2, -0.15) is 5.10 Å². The molecule has 1 heterocycles. The third-order valence-electron chi connectivity index (χ3n) is 3.65. The maximum atomic E-state index is 12.0. The summed E-state index contributed by atoms with van der Waals surface area (Å²) in [6, 6.07) is 7.93. The Hall–Kier alpha value is -2.48. The first-order chi connectivity index (χ1) is 12.0. The van der Waals surface area contributed by atoms with Crippen LogP contribution in [0.5, 0.6) is 0 Å². The molecule has 0 unspecified atom stereocenters. The summed E-state index contributed by atoms with van der Waals surface area (Å²) < 4.78 is 2.25. The number of hydrogen-bond donors (Lipinski definition) is 3. The van der Waals surface area contributed by atoms with E-state index in [-0.39, 0.29) is 24.8 Å². The van der Waals surface area contributed by atoms with Crippen LogP contribution in [-0.4, -0.2) is 39.7 Å². The zero-order valence-electron chi connectivity index (χ0n) is 14.5. The number of nitrogens with zero attached hydrogens (tertiary/aromatic N) is 2. The number of aromatic nitrogens is 3. The average Bonchev–Trinajstić information content (AvgIpc) is 2.97. The fourth-order valence-corrected chi connectivity index (χ4v) is 2.48. The van der Waals surface area contributed by atoms with Gasteiger partial charge in [-0.25, -0.2) is 0 Å². The molecule has 0 aliphatic carbocycles. The summed E-state index contributed by atoms with van der Waals surface area (Å²) in [5.74, 6) is 0.304. The molecule has 0 atom stereocenters. The van der Waals surface area contributed by atoms with Crippen molar-refractivity contribution in [1.82, 2.24) is 25.4 Å². The smallest absolute Gasteiger partial charge is 0.239 e. The van der Waals surface area contributed by atoms with Crippen molar-refractivity contribution in [3.8, 4) is 11.4 Å². The van der Waals surface area contributed by atoms with E-state index in [1.54, 1.807) is 4.57 Å². The molecule has 2 aromatic rings. The minimum absolute atomic E-state index is 0.0135. The molecule has 3 N–H and O–H groups in total. The first kappa shape index (κ1) is 18.9. The van der Waals surface area contributed by atoms with Crippen LogP contribution >= 0.6 is 12.2 Å². The fraction of sp³-hybridized carbons (Fsp3) is 0.412. The number of benzene rings is 1. The average molecular weight is 361 g/mol. The third kappa shape index (κ3) is 5.53. The molecule has 0 saturated heterocycles. The monoisotopic (exact) mass is 361 g/mol. The molecule has 134 valence electrons. The molecule has 1 aromatic carbocycles. The molecule has 0 fully saturated rings. The molecule has 0 radical (unpaired) electrons. The van der Waals surface area contributed by atoms with E-state index >= 15 is 0 Å². The molecule has 0 aliphatic heterocycles. The normalized spacial score (nSPS) is 10.5. The Morgan fingerprint density at radius 1 is 1.20 bits per heavy atom. The SMILES string of the molecule is CCCNC(=O)CNC(=O)CCn1c(-c2ccc(C)cc2)n[nH]c1=S. The first-order valence-electron chi connectivity index (χ1n) is 8.27. The van der Waals surface area contributed by atoms with E-state index in [0.29, 0.717) is 23.7 Å². The second kappa shape index (κ2) is 9.12. The highest BCUT2D eigenvalue weighted by Gasteiger charge is 2.11. The fourth-order valence-electron chi connectivity index (χ4n) is 2.26. The summed E-state index contributed by atoms with van der Waals surface area (Å²) in [4.78, 5) is 23.4. The van der Waals surface area contributed by atoms with Gasteiger partial charge in [0.05, 0.1) is 6.54 Å². The third-order valence-corrected chi connectivity index (χ3v) is 3.96. The maximum Gasteiger partial charge on any atom is 0.239 e. The number of nitrogens with one attached hydrogen (secondary N) is 3. The number of rotatable bonds is 8. The lowest BCUT2D eigenvalue weighted by Crippen LogP contribution is -2.37. The Balaban J connectivity index is 1.94. The van der Waals surface area contributed by atoms with Crippen LogP contribution in [0.2, 0.25) is 0 Å². The number of aromatic amines is 1. The highest BCUT2D eigenvalue weighted by molar-refractivity contribution is 7.71. The van der Waals surface area contributed by atoms with Crippen molar-refractivity contribution >= 4 is 24.0 Å². The van der Waals surface area contributed by atoms with Crippen LogP contribution in [0.3, 0.4) is 0 Å². The zero-order valence-corrected chi connectivity index (χ0v) is 15.3. The minimum Gasteiger partial charge on any atom is -0.355 e. The molecular formula is C17H23N5O2S. The topological polar surface area (TPSA) is 91.8 Å². The van der Waals surface area contributed by atoms with E-state index in [1.165, 1.54) is 0 Å². The molecule has 0 saturated carbocycles. The maximum absolute atomic E-state index is 12.0. The summed E-state index contributed by atoms with van der Waals surface area (Å²) in [6.07, 6.45) is 1.08. The molecule has 0 spiro atoms. The van der Waals surface area contributed by atoms with E-state index in [4.69, 9.17) is 12.2 Å². The van der Waals surface area contributed by atoms with Crippen LogP contribution in [0, 0.1) is 11.7 Å². The summed E-state index contributed by atoms with van der Waals surface area (Å²) in [5, 5.41) is 12.3. The van der Waals surface area contributed by atoms with Gasteiger partial charge >= 0.3 is 0 Å². The second-order valence-corrected chi connectivity index (χ2v) is 6.13. The van der Waals surface area contributed by atoms with Gasteiger partial charge in [0.25, 0.3) is 0 Å². The Bertz CT molecular complexity index is 779. The lowest BCUT2D eigenvalue weighted by Gasteiger charge is -2.08. The Morgan fingerprint density at radius 2 is 1.92 bits per heavy atom. The number of carbonyl (C=O) groups excluding carboxylic acids is 2. The van der Waals surface area contributed by atoms with Crippen LogP contribution in [0.4, 0.5) is 0 Å². The molecule has 25 heavy (non-hydrogen) atoms. The molecule has 0 bridgehead atoms. The van der Waals surface area contributed by atoms with Gasteiger partial charge in [-0.15, -0.1) is 0 Å². The number of H-pyrrole nitrogens is 1.